The SMILES string of the molecule is S=c1[nH]nc(-c2ccc(Cl)cc2)n1/N=C\c1cccc(Oc2ccccc2)c1. The van der Waals surface area contributed by atoms with Crippen LogP contribution < -0.4 is 4.74 Å². The molecule has 0 atom stereocenters. The van der Waals surface area contributed by atoms with E-state index >= 15 is 0 Å². The van der Waals surface area contributed by atoms with E-state index in [9.17, 15) is 0 Å². The molecule has 0 saturated carbocycles. The molecule has 0 fully saturated rings. The largest absolute Gasteiger partial charge is 0.457 e. The van der Waals surface area contributed by atoms with Gasteiger partial charge in [0.1, 0.15) is 11.5 Å². The van der Waals surface area contributed by atoms with Gasteiger partial charge < -0.3 is 4.74 Å². The Hall–Kier alpha value is -3.22. The third kappa shape index (κ3) is 4.19. The fourth-order valence-electron chi connectivity index (χ4n) is 2.59. The molecule has 1 aromatic heterocycles. The van der Waals surface area contributed by atoms with E-state index in [0.29, 0.717) is 15.6 Å². The Labute approximate surface area is 171 Å². The van der Waals surface area contributed by atoms with Gasteiger partial charge >= 0.3 is 0 Å². The Morgan fingerprint density at radius 1 is 0.964 bits per heavy atom. The predicted octanol–water partition coefficient (Wildman–Crippen LogP) is 5.94. The minimum Gasteiger partial charge on any atom is -0.457 e. The molecule has 0 aliphatic carbocycles. The zero-order valence-electron chi connectivity index (χ0n) is 14.6. The highest BCUT2D eigenvalue weighted by molar-refractivity contribution is 7.71. The van der Waals surface area contributed by atoms with Crippen LogP contribution >= 0.6 is 23.8 Å². The van der Waals surface area contributed by atoms with E-state index in [4.69, 9.17) is 28.6 Å². The maximum absolute atomic E-state index is 5.96. The Balaban J connectivity index is 1.60. The molecule has 0 bridgehead atoms. The fourth-order valence-corrected chi connectivity index (χ4v) is 2.90. The molecule has 1 N–H and O–H groups in total. The lowest BCUT2D eigenvalue weighted by Crippen LogP contribution is -1.95. The van der Waals surface area contributed by atoms with Gasteiger partial charge in [-0.1, -0.05) is 41.9 Å². The molecule has 28 heavy (non-hydrogen) atoms. The summed E-state index contributed by atoms with van der Waals surface area (Å²) in [5.74, 6) is 2.11. The van der Waals surface area contributed by atoms with Crippen LogP contribution in [0, 0.1) is 4.77 Å². The van der Waals surface area contributed by atoms with Gasteiger partial charge in [0.15, 0.2) is 5.82 Å². The van der Waals surface area contributed by atoms with E-state index in [1.165, 1.54) is 0 Å². The average molecular weight is 407 g/mol. The molecule has 5 nitrogen and oxygen atoms in total. The van der Waals surface area contributed by atoms with Crippen molar-refractivity contribution in [3.8, 4) is 22.9 Å². The third-order valence-corrected chi connectivity index (χ3v) is 4.43. The number of rotatable bonds is 5. The molecule has 0 unspecified atom stereocenters. The first-order valence-electron chi connectivity index (χ1n) is 8.50. The first-order valence-corrected chi connectivity index (χ1v) is 9.28. The van der Waals surface area contributed by atoms with Crippen LogP contribution in [0.2, 0.25) is 5.02 Å². The number of ether oxygens (including phenoxy) is 1. The fraction of sp³-hybridized carbons (Fsp3) is 0. The molecule has 7 heteroatoms. The van der Waals surface area contributed by atoms with Crippen molar-refractivity contribution in [1.29, 1.82) is 0 Å². The lowest BCUT2D eigenvalue weighted by atomic mass is 10.2. The third-order valence-electron chi connectivity index (χ3n) is 3.91. The standard InChI is InChI=1S/C21H15ClN4OS/c22-17-11-9-16(10-12-17)20-24-25-21(28)26(20)23-14-15-5-4-8-19(13-15)27-18-6-2-1-3-7-18/h1-14H,(H,25,28)/b23-14-. The minimum atomic E-state index is 0.401. The van der Waals surface area contributed by atoms with Gasteiger partial charge in [0.25, 0.3) is 0 Å². The van der Waals surface area contributed by atoms with E-state index in [2.05, 4.69) is 15.3 Å². The van der Waals surface area contributed by atoms with E-state index < -0.39 is 0 Å². The summed E-state index contributed by atoms with van der Waals surface area (Å²) in [6.07, 6.45) is 1.71. The van der Waals surface area contributed by atoms with Crippen LogP contribution in [0.25, 0.3) is 11.4 Å². The van der Waals surface area contributed by atoms with E-state index in [1.807, 2.05) is 66.7 Å². The zero-order chi connectivity index (χ0) is 19.3. The second-order valence-corrected chi connectivity index (χ2v) is 6.73. The van der Waals surface area contributed by atoms with Gasteiger partial charge in [-0.05, 0) is 66.3 Å². The van der Waals surface area contributed by atoms with Crippen LogP contribution in [-0.2, 0) is 0 Å². The maximum atomic E-state index is 5.96. The van der Waals surface area contributed by atoms with Gasteiger partial charge in [-0.3, -0.25) is 0 Å². The van der Waals surface area contributed by atoms with E-state index in [1.54, 1.807) is 23.0 Å². The Bertz CT molecular complexity index is 1170. The van der Waals surface area contributed by atoms with Gasteiger partial charge in [-0.2, -0.15) is 14.9 Å². The molecule has 0 aliphatic heterocycles. The van der Waals surface area contributed by atoms with E-state index in [0.717, 1.165) is 22.6 Å². The number of benzene rings is 3. The Morgan fingerprint density at radius 2 is 1.71 bits per heavy atom. The average Bonchev–Trinajstić information content (AvgIpc) is 3.08. The monoisotopic (exact) mass is 406 g/mol. The molecule has 4 aromatic rings. The summed E-state index contributed by atoms with van der Waals surface area (Å²) in [6, 6.07) is 24.6. The first-order chi connectivity index (χ1) is 13.7. The zero-order valence-corrected chi connectivity index (χ0v) is 16.2. The molecule has 138 valence electrons. The topological polar surface area (TPSA) is 55.2 Å². The van der Waals surface area contributed by atoms with Crippen LogP contribution in [-0.4, -0.2) is 21.1 Å². The molecule has 0 spiro atoms. The Morgan fingerprint density at radius 3 is 2.50 bits per heavy atom. The van der Waals surface area contributed by atoms with Gasteiger partial charge in [0.2, 0.25) is 4.77 Å². The highest BCUT2D eigenvalue weighted by Crippen LogP contribution is 2.22. The van der Waals surface area contributed by atoms with Crippen molar-refractivity contribution in [2.75, 3.05) is 0 Å². The van der Waals surface area contributed by atoms with Crippen molar-refractivity contribution in [3.05, 3.63) is 94.2 Å². The van der Waals surface area contributed by atoms with Crippen LogP contribution in [0.3, 0.4) is 0 Å². The minimum absolute atomic E-state index is 0.401. The molecule has 3 aromatic carbocycles. The first kappa shape index (κ1) is 18.2. The molecule has 0 saturated heterocycles. The lowest BCUT2D eigenvalue weighted by Gasteiger charge is -2.06. The molecule has 1 heterocycles. The van der Waals surface area contributed by atoms with Crippen molar-refractivity contribution in [1.82, 2.24) is 14.9 Å². The number of H-pyrrole nitrogens is 1. The number of aromatic nitrogens is 3. The smallest absolute Gasteiger partial charge is 0.216 e. The van der Waals surface area contributed by atoms with Crippen molar-refractivity contribution >= 4 is 30.0 Å². The van der Waals surface area contributed by atoms with Gasteiger partial charge in [-0.15, -0.1) is 0 Å². The van der Waals surface area contributed by atoms with Crippen molar-refractivity contribution in [2.24, 2.45) is 5.10 Å². The van der Waals surface area contributed by atoms with Crippen LogP contribution in [0.15, 0.2) is 84.0 Å². The molecular formula is C21H15ClN4OS. The number of hydrogen-bond donors (Lipinski definition) is 1. The highest BCUT2D eigenvalue weighted by atomic mass is 35.5. The van der Waals surface area contributed by atoms with Crippen LogP contribution in [0.1, 0.15) is 5.56 Å². The summed E-state index contributed by atoms with van der Waals surface area (Å²) in [5, 5.41) is 12.2. The molecular weight excluding hydrogens is 392 g/mol. The molecule has 0 radical (unpaired) electrons. The predicted molar refractivity (Wildman–Crippen MR) is 114 cm³/mol. The summed E-state index contributed by atoms with van der Waals surface area (Å²) in [5.41, 5.74) is 1.73. The summed E-state index contributed by atoms with van der Waals surface area (Å²) in [7, 11) is 0. The van der Waals surface area contributed by atoms with Gasteiger partial charge in [0.05, 0.1) is 6.21 Å². The lowest BCUT2D eigenvalue weighted by molar-refractivity contribution is 0.482. The van der Waals surface area contributed by atoms with E-state index in [-0.39, 0.29) is 0 Å². The Kier molecular flexibility index (Phi) is 5.32. The second-order valence-electron chi connectivity index (χ2n) is 5.90. The van der Waals surface area contributed by atoms with Crippen molar-refractivity contribution in [2.45, 2.75) is 0 Å². The molecule has 0 aliphatic rings. The number of aromatic amines is 1. The summed E-state index contributed by atoms with van der Waals surface area (Å²) < 4.78 is 7.84. The summed E-state index contributed by atoms with van der Waals surface area (Å²) in [4.78, 5) is 0. The highest BCUT2D eigenvalue weighted by Gasteiger charge is 2.08. The van der Waals surface area contributed by atoms with Crippen molar-refractivity contribution < 1.29 is 4.74 Å². The summed E-state index contributed by atoms with van der Waals surface area (Å²) in [6.45, 7) is 0. The van der Waals surface area contributed by atoms with Crippen LogP contribution in [0.5, 0.6) is 11.5 Å². The van der Waals surface area contributed by atoms with Gasteiger partial charge in [0, 0.05) is 10.6 Å². The van der Waals surface area contributed by atoms with Crippen molar-refractivity contribution in [3.63, 3.8) is 0 Å². The molecule has 4 rings (SSSR count). The number of nitrogens with one attached hydrogen (secondary N) is 1. The quantitative estimate of drug-likeness (QED) is 0.330. The number of hydrogen-bond acceptors (Lipinski definition) is 4. The number of nitrogens with zero attached hydrogens (tertiary/aromatic N) is 3. The summed E-state index contributed by atoms with van der Waals surface area (Å²) >= 11 is 11.3. The maximum Gasteiger partial charge on any atom is 0.216 e. The van der Waals surface area contributed by atoms with Gasteiger partial charge in [-0.25, -0.2) is 5.10 Å². The van der Waals surface area contributed by atoms with Crippen LogP contribution in [0.4, 0.5) is 0 Å². The molecule has 0 amide bonds. The number of para-hydroxylation sites is 1. The normalized spacial score (nSPS) is 11.0. The number of halogens is 1. The second kappa shape index (κ2) is 8.21.